The summed E-state index contributed by atoms with van der Waals surface area (Å²) < 4.78 is 0.801. The van der Waals surface area contributed by atoms with Crippen LogP contribution in [0, 0.1) is 0 Å². The Morgan fingerprint density at radius 1 is 1.50 bits per heavy atom. The van der Waals surface area contributed by atoms with Crippen LogP contribution < -0.4 is 16.6 Å². The van der Waals surface area contributed by atoms with Crippen molar-refractivity contribution >= 4 is 39.2 Å². The van der Waals surface area contributed by atoms with Gasteiger partial charge in [-0.1, -0.05) is 17.7 Å². The highest BCUT2D eigenvalue weighted by atomic mass is 79.9. The summed E-state index contributed by atoms with van der Waals surface area (Å²) in [6, 6.07) is 5.97. The number of nitrogens with one attached hydrogen (secondary N) is 2. The van der Waals surface area contributed by atoms with Gasteiger partial charge >= 0.3 is 0 Å². The number of nitrogens with zero attached hydrogens (tertiary/aromatic N) is 1. The Morgan fingerprint density at radius 3 is 2.88 bits per heavy atom. The van der Waals surface area contributed by atoms with E-state index in [1.54, 1.807) is 0 Å². The minimum atomic E-state index is 0.400. The van der Waals surface area contributed by atoms with Crippen LogP contribution in [0.2, 0.25) is 5.02 Å². The summed E-state index contributed by atoms with van der Waals surface area (Å²) in [5.41, 5.74) is 3.38. The molecule has 1 fully saturated rings. The number of anilines is 1. The monoisotopic (exact) mass is 302 g/mol. The van der Waals surface area contributed by atoms with Crippen LogP contribution in [-0.2, 0) is 0 Å². The second-order valence-corrected chi connectivity index (χ2v) is 4.78. The number of rotatable bonds is 2. The Kier molecular flexibility index (Phi) is 3.68. The molecule has 4 N–H and O–H groups in total. The quantitative estimate of drug-likeness (QED) is 0.340. The van der Waals surface area contributed by atoms with Gasteiger partial charge in [0.25, 0.3) is 0 Å². The van der Waals surface area contributed by atoms with Gasteiger partial charge in [-0.2, -0.15) is 0 Å². The number of hydrogen-bond acceptors (Lipinski definition) is 2. The normalized spacial score (nSPS) is 16.1. The Balaban J connectivity index is 2.15. The third-order valence-electron chi connectivity index (χ3n) is 2.20. The Bertz CT molecular complexity index is 417. The maximum atomic E-state index is 5.98. The second-order valence-electron chi connectivity index (χ2n) is 3.58. The number of halogens is 2. The molecule has 1 aliphatic rings. The first kappa shape index (κ1) is 11.7. The highest BCUT2D eigenvalue weighted by molar-refractivity contribution is 9.10. The SMILES string of the molecule is NNC(=NC1CC1)Nc1cccc(Cl)c1Br. The molecule has 0 amide bonds. The highest BCUT2D eigenvalue weighted by Gasteiger charge is 2.21. The molecular weight excluding hydrogens is 291 g/mol. The van der Waals surface area contributed by atoms with Crippen molar-refractivity contribution in [2.24, 2.45) is 10.8 Å². The van der Waals surface area contributed by atoms with Crippen LogP contribution in [0.1, 0.15) is 12.8 Å². The molecule has 0 radical (unpaired) electrons. The van der Waals surface area contributed by atoms with Gasteiger partial charge in [-0.15, -0.1) is 0 Å². The average Bonchev–Trinajstić information content (AvgIpc) is 3.07. The number of hydrogen-bond donors (Lipinski definition) is 3. The maximum absolute atomic E-state index is 5.98. The fraction of sp³-hybridized carbons (Fsp3) is 0.300. The molecule has 4 nitrogen and oxygen atoms in total. The Hall–Kier alpha value is -0.780. The van der Waals surface area contributed by atoms with Crippen molar-refractivity contribution in [3.63, 3.8) is 0 Å². The molecule has 6 heteroatoms. The zero-order chi connectivity index (χ0) is 11.5. The van der Waals surface area contributed by atoms with Crippen molar-refractivity contribution in [2.75, 3.05) is 5.32 Å². The van der Waals surface area contributed by atoms with Crippen LogP contribution in [0.25, 0.3) is 0 Å². The lowest BCUT2D eigenvalue weighted by atomic mass is 10.3. The molecule has 1 aliphatic carbocycles. The molecule has 0 bridgehead atoms. The summed E-state index contributed by atoms with van der Waals surface area (Å²) in [6.07, 6.45) is 2.26. The molecule has 0 spiro atoms. The van der Waals surface area contributed by atoms with Crippen LogP contribution in [0.5, 0.6) is 0 Å². The fourth-order valence-corrected chi connectivity index (χ4v) is 1.76. The number of aliphatic imine (C=N–C) groups is 1. The van der Waals surface area contributed by atoms with Gasteiger partial charge in [-0.25, -0.2) is 10.8 Å². The minimum absolute atomic E-state index is 0.400. The molecule has 0 atom stereocenters. The van der Waals surface area contributed by atoms with Crippen molar-refractivity contribution in [1.29, 1.82) is 0 Å². The van der Waals surface area contributed by atoms with E-state index in [1.807, 2.05) is 18.2 Å². The lowest BCUT2D eigenvalue weighted by molar-refractivity contribution is 0.966. The first-order chi connectivity index (χ1) is 7.70. The minimum Gasteiger partial charge on any atom is -0.324 e. The number of guanidine groups is 1. The smallest absolute Gasteiger partial charge is 0.210 e. The van der Waals surface area contributed by atoms with E-state index in [1.165, 1.54) is 0 Å². The van der Waals surface area contributed by atoms with E-state index in [4.69, 9.17) is 17.4 Å². The van der Waals surface area contributed by atoms with E-state index in [0.29, 0.717) is 17.0 Å². The first-order valence-electron chi connectivity index (χ1n) is 4.96. The molecular formula is C10H12BrClN4. The lowest BCUT2D eigenvalue weighted by Gasteiger charge is -2.11. The van der Waals surface area contributed by atoms with Crippen molar-refractivity contribution < 1.29 is 0 Å². The van der Waals surface area contributed by atoms with E-state index in [0.717, 1.165) is 23.0 Å². The molecule has 0 aromatic heterocycles. The maximum Gasteiger partial charge on any atom is 0.210 e. The molecule has 86 valence electrons. The topological polar surface area (TPSA) is 62.4 Å². The molecule has 2 rings (SSSR count). The Morgan fingerprint density at radius 2 is 2.25 bits per heavy atom. The van der Waals surface area contributed by atoms with Gasteiger partial charge in [0.05, 0.1) is 21.2 Å². The van der Waals surface area contributed by atoms with E-state index >= 15 is 0 Å². The molecule has 1 aromatic rings. The fourth-order valence-electron chi connectivity index (χ4n) is 1.22. The van der Waals surface area contributed by atoms with Crippen LogP contribution in [0.15, 0.2) is 27.7 Å². The predicted octanol–water partition coefficient (Wildman–Crippen LogP) is 2.50. The van der Waals surface area contributed by atoms with Gasteiger partial charge in [0.15, 0.2) is 0 Å². The summed E-state index contributed by atoms with van der Waals surface area (Å²) in [7, 11) is 0. The first-order valence-corrected chi connectivity index (χ1v) is 6.13. The third-order valence-corrected chi connectivity index (χ3v) is 3.60. The molecule has 0 heterocycles. The summed E-state index contributed by atoms with van der Waals surface area (Å²) in [4.78, 5) is 4.38. The molecule has 16 heavy (non-hydrogen) atoms. The molecule has 0 saturated heterocycles. The van der Waals surface area contributed by atoms with Crippen LogP contribution in [0.3, 0.4) is 0 Å². The van der Waals surface area contributed by atoms with Crippen LogP contribution in [-0.4, -0.2) is 12.0 Å². The summed E-state index contributed by atoms with van der Waals surface area (Å²) in [6.45, 7) is 0. The van der Waals surface area contributed by atoms with E-state index in [-0.39, 0.29) is 0 Å². The van der Waals surface area contributed by atoms with E-state index in [9.17, 15) is 0 Å². The largest absolute Gasteiger partial charge is 0.324 e. The molecule has 0 aliphatic heterocycles. The van der Waals surface area contributed by atoms with Gasteiger partial charge in [0, 0.05) is 0 Å². The second kappa shape index (κ2) is 5.03. The Labute approximate surface area is 107 Å². The molecule has 1 saturated carbocycles. The van der Waals surface area contributed by atoms with E-state index < -0.39 is 0 Å². The van der Waals surface area contributed by atoms with Gasteiger partial charge in [0.2, 0.25) is 5.96 Å². The zero-order valence-electron chi connectivity index (χ0n) is 8.50. The number of benzene rings is 1. The highest BCUT2D eigenvalue weighted by Crippen LogP contribution is 2.30. The molecule has 1 aromatic carbocycles. The summed E-state index contributed by atoms with van der Waals surface area (Å²) >= 11 is 9.38. The predicted molar refractivity (Wildman–Crippen MR) is 70.6 cm³/mol. The summed E-state index contributed by atoms with van der Waals surface area (Å²) in [5.74, 6) is 5.95. The van der Waals surface area contributed by atoms with Crippen LogP contribution >= 0.6 is 27.5 Å². The van der Waals surface area contributed by atoms with Gasteiger partial charge in [-0.05, 0) is 40.9 Å². The standard InChI is InChI=1S/C10H12BrClN4/c11-9-7(12)2-1-3-8(9)15-10(16-13)14-6-4-5-6/h1-3,6H,4-5,13H2,(H2,14,15,16). The van der Waals surface area contributed by atoms with Gasteiger partial charge < -0.3 is 5.32 Å². The molecule has 0 unspecified atom stereocenters. The van der Waals surface area contributed by atoms with Crippen molar-refractivity contribution in [3.8, 4) is 0 Å². The van der Waals surface area contributed by atoms with Gasteiger partial charge in [-0.3, -0.25) is 5.43 Å². The van der Waals surface area contributed by atoms with Crippen molar-refractivity contribution in [3.05, 3.63) is 27.7 Å². The van der Waals surface area contributed by atoms with Crippen molar-refractivity contribution in [2.45, 2.75) is 18.9 Å². The third kappa shape index (κ3) is 2.87. The zero-order valence-corrected chi connectivity index (χ0v) is 10.8. The van der Waals surface area contributed by atoms with Crippen molar-refractivity contribution in [1.82, 2.24) is 5.43 Å². The number of hydrazine groups is 1. The van der Waals surface area contributed by atoms with Gasteiger partial charge in [0.1, 0.15) is 0 Å². The summed E-state index contributed by atoms with van der Waals surface area (Å²) in [5, 5.41) is 3.74. The van der Waals surface area contributed by atoms with Crippen LogP contribution in [0.4, 0.5) is 5.69 Å². The average molecular weight is 304 g/mol. The van der Waals surface area contributed by atoms with E-state index in [2.05, 4.69) is 31.7 Å². The number of nitrogens with two attached hydrogens (primary N) is 1. The lowest BCUT2D eigenvalue weighted by Crippen LogP contribution is -2.36.